The number of hydrogen-bond donors (Lipinski definition) is 1. The van der Waals surface area contributed by atoms with Crippen LogP contribution >= 0.6 is 0 Å². The van der Waals surface area contributed by atoms with Gasteiger partial charge in [0.2, 0.25) is 10.0 Å². The molecule has 0 aliphatic carbocycles. The number of sulfonamides is 1. The number of carboxylic acid groups (broad SMARTS) is 1. The lowest BCUT2D eigenvalue weighted by Crippen LogP contribution is -2.29. The van der Waals surface area contributed by atoms with Gasteiger partial charge in [-0.1, -0.05) is 19.1 Å². The summed E-state index contributed by atoms with van der Waals surface area (Å²) in [5, 5.41) is 14.7. The van der Waals surface area contributed by atoms with E-state index in [0.717, 1.165) is 27.8 Å². The minimum Gasteiger partial charge on any atom is -0.493 e. The van der Waals surface area contributed by atoms with Gasteiger partial charge >= 0.3 is 5.97 Å². The van der Waals surface area contributed by atoms with E-state index >= 15 is 0 Å². The molecule has 0 spiro atoms. The molecule has 1 N–H and O–H groups in total. The van der Waals surface area contributed by atoms with Crippen LogP contribution in [0.15, 0.2) is 41.3 Å². The molecule has 2 atom stereocenters. The third-order valence-corrected chi connectivity index (χ3v) is 8.24. The van der Waals surface area contributed by atoms with E-state index in [1.165, 1.54) is 4.31 Å². The zero-order chi connectivity index (χ0) is 22.6. The maximum atomic E-state index is 13.4. The van der Waals surface area contributed by atoms with E-state index in [2.05, 4.69) is 5.10 Å². The number of aryl methyl sites for hydroxylation is 1. The van der Waals surface area contributed by atoms with Crippen LogP contribution in [0.3, 0.4) is 0 Å². The van der Waals surface area contributed by atoms with Gasteiger partial charge in [0.15, 0.2) is 0 Å². The van der Waals surface area contributed by atoms with Crippen LogP contribution in [0.25, 0.3) is 10.9 Å². The van der Waals surface area contributed by atoms with Crippen LogP contribution in [0.4, 0.5) is 0 Å². The minimum absolute atomic E-state index is 0.0174. The lowest BCUT2D eigenvalue weighted by molar-refractivity contribution is -0.136. The number of fused-ring (bicyclic) bond motifs is 2. The Kier molecular flexibility index (Phi) is 4.98. The van der Waals surface area contributed by atoms with E-state index in [1.807, 2.05) is 36.7 Å². The van der Waals surface area contributed by atoms with Gasteiger partial charge in [-0.05, 0) is 48.2 Å². The average Bonchev–Trinajstić information content (AvgIpc) is 3.44. The molecule has 9 heteroatoms. The second kappa shape index (κ2) is 7.60. The number of nitrogens with zero attached hydrogens (tertiary/aromatic N) is 3. The van der Waals surface area contributed by atoms with Crippen LogP contribution in [-0.2, 0) is 27.7 Å². The first kappa shape index (κ1) is 21.0. The lowest BCUT2D eigenvalue weighted by Gasteiger charge is -2.18. The molecular weight excluding hydrogens is 430 g/mol. The maximum absolute atomic E-state index is 13.4. The van der Waals surface area contributed by atoms with Crippen molar-refractivity contribution in [2.75, 3.05) is 19.7 Å². The topological polar surface area (TPSA) is 102 Å². The number of rotatable bonds is 5. The highest BCUT2D eigenvalue weighted by atomic mass is 32.2. The Morgan fingerprint density at radius 1 is 1.22 bits per heavy atom. The van der Waals surface area contributed by atoms with Crippen molar-refractivity contribution in [3.63, 3.8) is 0 Å². The van der Waals surface area contributed by atoms with Crippen molar-refractivity contribution in [1.82, 2.24) is 14.1 Å². The zero-order valence-corrected chi connectivity index (χ0v) is 18.8. The number of carboxylic acids is 1. The molecule has 1 saturated heterocycles. The molecule has 1 aromatic heterocycles. The summed E-state index contributed by atoms with van der Waals surface area (Å²) in [6.07, 6.45) is 0.537. The molecule has 2 aliphatic rings. The molecule has 0 bridgehead atoms. The van der Waals surface area contributed by atoms with Crippen LogP contribution in [-0.4, -0.2) is 53.3 Å². The Morgan fingerprint density at radius 3 is 2.81 bits per heavy atom. The molecule has 8 nitrogen and oxygen atoms in total. The van der Waals surface area contributed by atoms with Gasteiger partial charge in [0, 0.05) is 24.9 Å². The summed E-state index contributed by atoms with van der Waals surface area (Å²) >= 11 is 0. The summed E-state index contributed by atoms with van der Waals surface area (Å²) in [6, 6.07) is 10.7. The number of ether oxygens (including phenoxy) is 1. The lowest BCUT2D eigenvalue weighted by atomic mass is 10.1. The van der Waals surface area contributed by atoms with E-state index < -0.39 is 16.0 Å². The molecule has 3 heterocycles. The molecule has 3 aromatic rings. The van der Waals surface area contributed by atoms with Gasteiger partial charge < -0.3 is 9.84 Å². The summed E-state index contributed by atoms with van der Waals surface area (Å²) in [6.45, 7) is 5.22. The fraction of sp³-hybridized carbons (Fsp3) is 0.391. The summed E-state index contributed by atoms with van der Waals surface area (Å²) in [5.74, 6) is -0.175. The molecule has 0 amide bonds. The zero-order valence-electron chi connectivity index (χ0n) is 18.0. The Balaban J connectivity index is 1.50. The average molecular weight is 456 g/mol. The first-order valence-electron chi connectivity index (χ1n) is 10.7. The van der Waals surface area contributed by atoms with Gasteiger partial charge in [0.05, 0.1) is 35.2 Å². The largest absolute Gasteiger partial charge is 0.493 e. The van der Waals surface area contributed by atoms with E-state index in [-0.39, 0.29) is 29.8 Å². The van der Waals surface area contributed by atoms with Crippen LogP contribution in [0.5, 0.6) is 5.75 Å². The molecule has 0 unspecified atom stereocenters. The molecule has 5 rings (SSSR count). The molecule has 2 aliphatic heterocycles. The van der Waals surface area contributed by atoms with Crippen LogP contribution in [0.2, 0.25) is 0 Å². The maximum Gasteiger partial charge on any atom is 0.309 e. The van der Waals surface area contributed by atoms with Gasteiger partial charge in [0.1, 0.15) is 5.75 Å². The third-order valence-electron chi connectivity index (χ3n) is 6.41. The summed E-state index contributed by atoms with van der Waals surface area (Å²) < 4.78 is 35.7. The fourth-order valence-electron chi connectivity index (χ4n) is 4.73. The minimum atomic E-state index is -3.67. The summed E-state index contributed by atoms with van der Waals surface area (Å²) in [7, 11) is -3.67. The number of carbonyl (C=O) groups is 1. The smallest absolute Gasteiger partial charge is 0.309 e. The van der Waals surface area contributed by atoms with Gasteiger partial charge in [-0.3, -0.25) is 9.48 Å². The second-order valence-corrected chi connectivity index (χ2v) is 10.7. The first-order valence-corrected chi connectivity index (χ1v) is 12.1. The second-order valence-electron chi connectivity index (χ2n) is 8.72. The highest BCUT2D eigenvalue weighted by Crippen LogP contribution is 2.36. The number of hydrogen-bond acceptors (Lipinski definition) is 5. The SMILES string of the molecule is Cc1ccc2c(CC(=O)O)nn([C@H]3CN(S(=O)(=O)c4ccc5c(c4)CCO5)C[C@H]3C)c2c1. The first-order chi connectivity index (χ1) is 15.2. The Labute approximate surface area is 186 Å². The quantitative estimate of drug-likeness (QED) is 0.635. The highest BCUT2D eigenvalue weighted by molar-refractivity contribution is 7.89. The standard InChI is InChI=1S/C23H25N3O5S/c1-14-3-5-18-19(11-23(27)28)24-26(20(18)9-14)21-13-25(12-15(21)2)32(29,30)17-4-6-22-16(10-17)7-8-31-22/h3-6,9-10,15,21H,7-8,11-13H2,1-2H3,(H,27,28)/t15-,21+/m1/s1. The van der Waals surface area contributed by atoms with Crippen molar-refractivity contribution >= 4 is 26.9 Å². The number of aliphatic carboxylic acids is 1. The van der Waals surface area contributed by atoms with E-state index in [4.69, 9.17) is 4.74 Å². The van der Waals surface area contributed by atoms with E-state index in [0.29, 0.717) is 25.3 Å². The van der Waals surface area contributed by atoms with Gasteiger partial charge in [0.25, 0.3) is 0 Å². The van der Waals surface area contributed by atoms with Crippen LogP contribution in [0, 0.1) is 12.8 Å². The molecule has 0 radical (unpaired) electrons. The van der Waals surface area contributed by atoms with Crippen molar-refractivity contribution in [3.8, 4) is 5.75 Å². The molecule has 32 heavy (non-hydrogen) atoms. The van der Waals surface area contributed by atoms with Crippen molar-refractivity contribution in [1.29, 1.82) is 0 Å². The highest BCUT2D eigenvalue weighted by Gasteiger charge is 2.39. The third kappa shape index (κ3) is 3.45. The van der Waals surface area contributed by atoms with E-state index in [9.17, 15) is 18.3 Å². The Morgan fingerprint density at radius 2 is 2.03 bits per heavy atom. The van der Waals surface area contributed by atoms with Crippen LogP contribution in [0.1, 0.15) is 29.8 Å². The van der Waals surface area contributed by atoms with Crippen LogP contribution < -0.4 is 4.74 Å². The van der Waals surface area contributed by atoms with Crippen molar-refractivity contribution in [2.24, 2.45) is 5.92 Å². The molecule has 168 valence electrons. The van der Waals surface area contributed by atoms with E-state index in [1.54, 1.807) is 18.2 Å². The monoisotopic (exact) mass is 455 g/mol. The Bertz CT molecular complexity index is 1330. The molecule has 2 aromatic carbocycles. The summed E-state index contributed by atoms with van der Waals surface area (Å²) in [4.78, 5) is 11.6. The summed E-state index contributed by atoms with van der Waals surface area (Å²) in [5.41, 5.74) is 3.30. The molecule has 1 fully saturated rings. The fourth-order valence-corrected chi connectivity index (χ4v) is 6.34. The Hall–Kier alpha value is -2.91. The number of aromatic nitrogens is 2. The predicted molar refractivity (Wildman–Crippen MR) is 118 cm³/mol. The normalized spacial score (nSPS) is 21.1. The van der Waals surface area contributed by atoms with Crippen molar-refractivity contribution < 1.29 is 23.1 Å². The van der Waals surface area contributed by atoms with Gasteiger partial charge in [-0.15, -0.1) is 0 Å². The van der Waals surface area contributed by atoms with Gasteiger partial charge in [-0.2, -0.15) is 9.40 Å². The molecule has 0 saturated carbocycles. The predicted octanol–water partition coefficient (Wildman–Crippen LogP) is 2.79. The number of benzene rings is 2. The van der Waals surface area contributed by atoms with Gasteiger partial charge in [-0.25, -0.2) is 8.42 Å². The van der Waals surface area contributed by atoms with Crippen molar-refractivity contribution in [3.05, 3.63) is 53.2 Å². The van der Waals surface area contributed by atoms with Crippen molar-refractivity contribution in [2.45, 2.75) is 37.6 Å². The molecular formula is C23H25N3O5S.